The van der Waals surface area contributed by atoms with E-state index in [1.165, 1.54) is 0 Å². The van der Waals surface area contributed by atoms with Gasteiger partial charge >= 0.3 is 5.97 Å². The highest BCUT2D eigenvalue weighted by Gasteiger charge is 2.34. The number of hydrogen-bond donors (Lipinski definition) is 0. The van der Waals surface area contributed by atoms with Crippen molar-refractivity contribution in [3.05, 3.63) is 89.2 Å². The molecule has 0 fully saturated rings. The number of carbonyl (C=O) groups is 1. The zero-order valence-electron chi connectivity index (χ0n) is 22.0. The molecule has 0 aliphatic carbocycles. The monoisotopic (exact) mass is 612 g/mol. The minimum atomic E-state index is -0.914. The van der Waals surface area contributed by atoms with Crippen molar-refractivity contribution in [2.24, 2.45) is 0 Å². The lowest BCUT2D eigenvalue weighted by Crippen LogP contribution is -2.28. The number of rotatable bonds is 9. The summed E-state index contributed by atoms with van der Waals surface area (Å²) in [6.07, 6.45) is 1.11. The third-order valence-corrected chi connectivity index (χ3v) is 6.52. The summed E-state index contributed by atoms with van der Waals surface area (Å²) in [5.74, 6) is -0.457. The Balaban J connectivity index is 1.76. The molecule has 6 nitrogen and oxygen atoms in total. The Morgan fingerprint density at radius 2 is 1.73 bits per heavy atom. The van der Waals surface area contributed by atoms with Gasteiger partial charge in [0.05, 0.1) is 18.8 Å². The molecule has 4 rings (SSSR count). The predicted octanol–water partition coefficient (Wildman–Crippen LogP) is 7.29. The largest absolute Gasteiger partial charge is 0.392 e. The maximum absolute atomic E-state index is 13.0. The lowest BCUT2D eigenvalue weighted by atomic mass is 9.92. The number of halogens is 1. The van der Waals surface area contributed by atoms with E-state index in [0.29, 0.717) is 19.8 Å². The number of aryl methyl sites for hydroxylation is 2. The average Bonchev–Trinajstić information content (AvgIpc) is 3.27. The summed E-state index contributed by atoms with van der Waals surface area (Å²) in [5, 5.41) is 0.955. The minimum Gasteiger partial charge on any atom is -0.392 e. The lowest BCUT2D eigenvalue weighted by molar-refractivity contribution is -0.154. The van der Waals surface area contributed by atoms with Crippen LogP contribution in [0, 0.1) is 13.8 Å². The van der Waals surface area contributed by atoms with Crippen molar-refractivity contribution in [3.8, 4) is 11.1 Å². The molecule has 0 N–H and O–H groups in total. The Morgan fingerprint density at radius 1 is 1.03 bits per heavy atom. The third kappa shape index (κ3) is 6.58. The molecular formula is C30H33IN2O4. The number of nitrogens with zero attached hydrogens (tertiary/aromatic N) is 2. The van der Waals surface area contributed by atoms with Crippen LogP contribution in [0.5, 0.6) is 0 Å². The van der Waals surface area contributed by atoms with Crippen molar-refractivity contribution < 1.29 is 17.3 Å². The van der Waals surface area contributed by atoms with Crippen LogP contribution in [0.1, 0.15) is 49.3 Å². The van der Waals surface area contributed by atoms with Gasteiger partial charge in [-0.15, -0.1) is 0 Å². The molecule has 7 heteroatoms. The third-order valence-electron chi connectivity index (χ3n) is 6.09. The van der Waals surface area contributed by atoms with Crippen molar-refractivity contribution >= 4 is 40.0 Å². The number of carbonyl (C=O) groups excluding carboxylic acids is 1. The van der Waals surface area contributed by atoms with Crippen LogP contribution < -0.4 is 0 Å². The topological polar surface area (TPSA) is 62.6 Å². The highest BCUT2D eigenvalue weighted by atomic mass is 127. The second kappa shape index (κ2) is 11.8. The first-order valence-corrected chi connectivity index (χ1v) is 13.2. The number of aromatic nitrogens is 2. The smallest absolute Gasteiger partial charge is 0.349 e. The molecule has 0 spiro atoms. The van der Waals surface area contributed by atoms with Crippen LogP contribution in [0.15, 0.2) is 66.9 Å². The fraction of sp³-hybridized carbons (Fsp3) is 0.333. The molecule has 0 radical (unpaired) electrons. The molecule has 2 aromatic carbocycles. The molecule has 0 bridgehead atoms. The fourth-order valence-corrected chi connectivity index (χ4v) is 4.64. The average molecular weight is 613 g/mol. The van der Waals surface area contributed by atoms with Gasteiger partial charge in [0.1, 0.15) is 5.65 Å². The SMILES string of the molecule is Cc1ccc(-c2c(C(OC(C)(C)C)C(=O)OI)c(C)nc3c2ccn3CCOCc2ccccc2)cc1. The molecule has 2 heterocycles. The maximum atomic E-state index is 13.0. The van der Waals surface area contributed by atoms with Gasteiger partial charge in [0.15, 0.2) is 29.1 Å². The molecule has 0 saturated heterocycles. The number of pyridine rings is 1. The molecule has 1 atom stereocenters. The Labute approximate surface area is 232 Å². The van der Waals surface area contributed by atoms with E-state index in [-0.39, 0.29) is 0 Å². The summed E-state index contributed by atoms with van der Waals surface area (Å²) in [6, 6.07) is 20.5. The summed E-state index contributed by atoms with van der Waals surface area (Å²) < 4.78 is 19.5. The van der Waals surface area contributed by atoms with Crippen molar-refractivity contribution in [2.45, 2.75) is 59.5 Å². The Hall–Kier alpha value is -2.75. The van der Waals surface area contributed by atoms with E-state index >= 15 is 0 Å². The molecular weight excluding hydrogens is 579 g/mol. The minimum absolute atomic E-state index is 0.457. The standard InChI is InChI=1S/C30H33IN2O4/c1-20-11-13-23(14-12-20)26-24-15-16-33(17-18-35-19-22-9-7-6-8-10-22)28(24)32-21(2)25(26)27(29(34)37-31)36-30(3,4)5/h6-16,27H,17-19H2,1-5H3. The van der Waals surface area contributed by atoms with E-state index in [9.17, 15) is 4.79 Å². The zero-order valence-corrected chi connectivity index (χ0v) is 24.1. The Morgan fingerprint density at radius 3 is 2.38 bits per heavy atom. The molecule has 37 heavy (non-hydrogen) atoms. The van der Waals surface area contributed by atoms with Crippen LogP contribution in [0.3, 0.4) is 0 Å². The summed E-state index contributed by atoms with van der Waals surface area (Å²) in [6.45, 7) is 11.6. The number of fused-ring (bicyclic) bond motifs is 1. The van der Waals surface area contributed by atoms with Crippen LogP contribution in [-0.2, 0) is 30.5 Å². The Bertz CT molecular complexity index is 1360. The highest BCUT2D eigenvalue weighted by Crippen LogP contribution is 2.40. The number of hydrogen-bond acceptors (Lipinski definition) is 5. The molecule has 0 aliphatic heterocycles. The van der Waals surface area contributed by atoms with Gasteiger partial charge in [-0.05, 0) is 51.8 Å². The first-order valence-electron chi connectivity index (χ1n) is 12.4. The molecule has 4 aromatic rings. The second-order valence-electron chi connectivity index (χ2n) is 10.1. The van der Waals surface area contributed by atoms with Crippen LogP contribution in [0.2, 0.25) is 0 Å². The summed E-state index contributed by atoms with van der Waals surface area (Å²) in [4.78, 5) is 18.0. The second-order valence-corrected chi connectivity index (χ2v) is 10.6. The van der Waals surface area contributed by atoms with Crippen molar-refractivity contribution in [1.29, 1.82) is 0 Å². The fourth-order valence-electron chi connectivity index (χ4n) is 4.41. The maximum Gasteiger partial charge on any atom is 0.349 e. The Kier molecular flexibility index (Phi) is 8.67. The van der Waals surface area contributed by atoms with Crippen LogP contribution in [0.4, 0.5) is 0 Å². The van der Waals surface area contributed by atoms with Gasteiger partial charge in [0, 0.05) is 34.9 Å². The van der Waals surface area contributed by atoms with Gasteiger partial charge < -0.3 is 17.1 Å². The van der Waals surface area contributed by atoms with E-state index in [2.05, 4.69) is 54.0 Å². The van der Waals surface area contributed by atoms with Gasteiger partial charge in [-0.1, -0.05) is 60.2 Å². The van der Waals surface area contributed by atoms with E-state index in [0.717, 1.165) is 44.5 Å². The summed E-state index contributed by atoms with van der Waals surface area (Å²) in [5.41, 5.74) is 5.97. The van der Waals surface area contributed by atoms with Crippen molar-refractivity contribution in [3.63, 3.8) is 0 Å². The van der Waals surface area contributed by atoms with Crippen molar-refractivity contribution in [1.82, 2.24) is 9.55 Å². The highest BCUT2D eigenvalue weighted by molar-refractivity contribution is 14.1. The molecule has 0 aliphatic rings. The summed E-state index contributed by atoms with van der Waals surface area (Å²) in [7, 11) is 0. The van der Waals surface area contributed by atoms with Crippen LogP contribution >= 0.6 is 23.0 Å². The first kappa shape index (κ1) is 27.3. The molecule has 194 valence electrons. The van der Waals surface area contributed by atoms with Gasteiger partial charge in [-0.2, -0.15) is 0 Å². The summed E-state index contributed by atoms with van der Waals surface area (Å²) >= 11 is 1.63. The molecule has 0 amide bonds. The zero-order chi connectivity index (χ0) is 26.6. The van der Waals surface area contributed by atoms with Crippen molar-refractivity contribution in [2.75, 3.05) is 6.61 Å². The molecule has 0 saturated carbocycles. The number of ether oxygens (including phenoxy) is 2. The van der Waals surface area contributed by atoms with E-state index in [1.807, 2.05) is 52.1 Å². The van der Waals surface area contributed by atoms with Gasteiger partial charge in [-0.3, -0.25) is 0 Å². The lowest BCUT2D eigenvalue weighted by Gasteiger charge is -2.28. The molecule has 1 unspecified atom stereocenters. The van der Waals surface area contributed by atoms with Crippen LogP contribution in [0.25, 0.3) is 22.2 Å². The van der Waals surface area contributed by atoms with E-state index < -0.39 is 17.7 Å². The quantitative estimate of drug-likeness (QED) is 0.147. The van der Waals surface area contributed by atoms with E-state index in [1.54, 1.807) is 23.0 Å². The predicted molar refractivity (Wildman–Crippen MR) is 154 cm³/mol. The van der Waals surface area contributed by atoms with Gasteiger partial charge in [0.2, 0.25) is 0 Å². The number of benzene rings is 2. The normalized spacial score (nSPS) is 12.6. The van der Waals surface area contributed by atoms with E-state index in [4.69, 9.17) is 17.5 Å². The molecule has 2 aromatic heterocycles. The van der Waals surface area contributed by atoms with Crippen LogP contribution in [-0.4, -0.2) is 27.7 Å². The van der Waals surface area contributed by atoms with Gasteiger partial charge in [0.25, 0.3) is 0 Å². The van der Waals surface area contributed by atoms with Gasteiger partial charge in [-0.25, -0.2) is 9.78 Å². The first-order chi connectivity index (χ1) is 17.7.